The Morgan fingerprint density at radius 3 is 2.94 bits per heavy atom. The molecule has 0 saturated carbocycles. The third-order valence-electron chi connectivity index (χ3n) is 2.90. The van der Waals surface area contributed by atoms with Crippen molar-refractivity contribution in [3.8, 4) is 0 Å². The van der Waals surface area contributed by atoms with Crippen molar-refractivity contribution in [2.45, 2.75) is 31.4 Å². The van der Waals surface area contributed by atoms with Crippen LogP contribution in [-0.2, 0) is 14.6 Å². The van der Waals surface area contributed by atoms with Crippen molar-refractivity contribution in [2.75, 3.05) is 32.1 Å². The Labute approximate surface area is 109 Å². The molecule has 106 valence electrons. The molecule has 1 aliphatic heterocycles. The van der Waals surface area contributed by atoms with Crippen LogP contribution in [0.4, 0.5) is 0 Å². The Morgan fingerprint density at radius 2 is 2.33 bits per heavy atom. The molecular formula is C11H23N3O3S. The van der Waals surface area contributed by atoms with Gasteiger partial charge in [0.2, 0.25) is 0 Å². The summed E-state index contributed by atoms with van der Waals surface area (Å²) < 4.78 is 28.3. The maximum absolute atomic E-state index is 11.6. The molecule has 0 aromatic heterocycles. The molecule has 0 spiro atoms. The van der Waals surface area contributed by atoms with E-state index in [0.29, 0.717) is 32.1 Å². The average molecular weight is 277 g/mol. The topological polar surface area (TPSA) is 93.8 Å². The molecular weight excluding hydrogens is 254 g/mol. The smallest absolute Gasteiger partial charge is 0.188 e. The minimum atomic E-state index is -2.93. The molecule has 0 aliphatic carbocycles. The lowest BCUT2D eigenvalue weighted by Crippen LogP contribution is -2.34. The fourth-order valence-corrected chi connectivity index (χ4v) is 3.58. The Bertz CT molecular complexity index is 368. The van der Waals surface area contributed by atoms with Gasteiger partial charge >= 0.3 is 0 Å². The van der Waals surface area contributed by atoms with Crippen molar-refractivity contribution in [1.82, 2.24) is 5.32 Å². The zero-order valence-corrected chi connectivity index (χ0v) is 11.7. The maximum Gasteiger partial charge on any atom is 0.188 e. The van der Waals surface area contributed by atoms with Crippen LogP contribution in [0.25, 0.3) is 0 Å². The Kier molecular flexibility index (Phi) is 6.42. The normalized spacial score (nSPS) is 23.2. The largest absolute Gasteiger partial charge is 0.382 e. The molecule has 0 aromatic carbocycles. The highest BCUT2D eigenvalue weighted by Crippen LogP contribution is 2.19. The summed E-state index contributed by atoms with van der Waals surface area (Å²) in [6.07, 6.45) is 2.29. The molecule has 0 radical (unpaired) electrons. The molecule has 7 heteroatoms. The highest BCUT2D eigenvalue weighted by atomic mass is 32.2. The monoisotopic (exact) mass is 277 g/mol. The zero-order valence-electron chi connectivity index (χ0n) is 10.9. The van der Waals surface area contributed by atoms with Gasteiger partial charge in [0.25, 0.3) is 0 Å². The van der Waals surface area contributed by atoms with Crippen molar-refractivity contribution in [1.29, 1.82) is 0 Å². The molecule has 18 heavy (non-hydrogen) atoms. The predicted molar refractivity (Wildman–Crippen MR) is 72.4 cm³/mol. The van der Waals surface area contributed by atoms with Gasteiger partial charge in [-0.1, -0.05) is 0 Å². The molecule has 1 saturated heterocycles. The van der Waals surface area contributed by atoms with E-state index in [0.717, 1.165) is 12.8 Å². The van der Waals surface area contributed by atoms with Crippen LogP contribution in [-0.4, -0.2) is 51.7 Å². The van der Waals surface area contributed by atoms with Gasteiger partial charge in [-0.05, 0) is 26.2 Å². The first kappa shape index (κ1) is 15.2. The summed E-state index contributed by atoms with van der Waals surface area (Å²) in [4.78, 5) is 4.08. The number of aliphatic imine (C=N–C) groups is 1. The van der Waals surface area contributed by atoms with E-state index in [1.807, 2.05) is 6.92 Å². The minimum absolute atomic E-state index is 0.270. The summed E-state index contributed by atoms with van der Waals surface area (Å²) in [7, 11) is -2.93. The molecule has 0 amide bonds. The second-order valence-corrected chi connectivity index (χ2v) is 6.74. The van der Waals surface area contributed by atoms with Crippen molar-refractivity contribution in [3.05, 3.63) is 0 Å². The second-order valence-electron chi connectivity index (χ2n) is 4.33. The molecule has 6 nitrogen and oxygen atoms in total. The number of nitrogens with two attached hydrogens (primary N) is 1. The number of ether oxygens (including phenoxy) is 1. The number of rotatable bonds is 7. The van der Waals surface area contributed by atoms with Gasteiger partial charge < -0.3 is 15.8 Å². The molecule has 1 fully saturated rings. The van der Waals surface area contributed by atoms with Crippen LogP contribution in [0.5, 0.6) is 0 Å². The van der Waals surface area contributed by atoms with Crippen LogP contribution in [0.1, 0.15) is 26.2 Å². The summed E-state index contributed by atoms with van der Waals surface area (Å²) in [5.74, 6) is 0.600. The fourth-order valence-electron chi connectivity index (χ4n) is 1.85. The van der Waals surface area contributed by atoms with Crippen molar-refractivity contribution in [3.63, 3.8) is 0 Å². The molecule has 1 aliphatic rings. The van der Waals surface area contributed by atoms with Crippen molar-refractivity contribution >= 4 is 15.8 Å². The summed E-state index contributed by atoms with van der Waals surface area (Å²) in [6.45, 7) is 4.31. The number of hydrogen-bond donors (Lipinski definition) is 2. The fraction of sp³-hybridized carbons (Fsp3) is 0.909. The van der Waals surface area contributed by atoms with Gasteiger partial charge in [-0.25, -0.2) is 8.42 Å². The summed E-state index contributed by atoms with van der Waals surface area (Å²) >= 11 is 0. The summed E-state index contributed by atoms with van der Waals surface area (Å²) in [6, 6.07) is 0. The standard InChI is InChI=1S/C11H23N3O3S/c1-2-17-7-4-6-13-11(12)14-9-10-5-3-8-18(10,15)16/h10H,2-9H2,1H3,(H3,12,13,14). The van der Waals surface area contributed by atoms with Crippen LogP contribution in [0.15, 0.2) is 4.99 Å². The van der Waals surface area contributed by atoms with Gasteiger partial charge in [0.1, 0.15) is 0 Å². The van der Waals surface area contributed by atoms with Crippen LogP contribution >= 0.6 is 0 Å². The van der Waals surface area contributed by atoms with Gasteiger partial charge in [-0.3, -0.25) is 4.99 Å². The first-order valence-electron chi connectivity index (χ1n) is 6.39. The molecule has 1 atom stereocenters. The lowest BCUT2D eigenvalue weighted by Gasteiger charge is -2.08. The van der Waals surface area contributed by atoms with E-state index in [1.54, 1.807) is 0 Å². The number of hydrogen-bond acceptors (Lipinski definition) is 4. The first-order valence-corrected chi connectivity index (χ1v) is 8.11. The zero-order chi connectivity index (χ0) is 13.4. The lowest BCUT2D eigenvalue weighted by molar-refractivity contribution is 0.145. The van der Waals surface area contributed by atoms with E-state index in [9.17, 15) is 8.42 Å². The first-order chi connectivity index (χ1) is 8.56. The van der Waals surface area contributed by atoms with E-state index < -0.39 is 9.84 Å². The Hall–Kier alpha value is -0.820. The van der Waals surface area contributed by atoms with E-state index in [2.05, 4.69) is 10.3 Å². The molecule has 1 rings (SSSR count). The maximum atomic E-state index is 11.6. The van der Waals surface area contributed by atoms with E-state index >= 15 is 0 Å². The minimum Gasteiger partial charge on any atom is -0.382 e. The molecule has 1 unspecified atom stereocenters. The van der Waals surface area contributed by atoms with Gasteiger partial charge in [-0.2, -0.15) is 0 Å². The van der Waals surface area contributed by atoms with E-state index in [4.69, 9.17) is 10.5 Å². The number of guanidine groups is 1. The lowest BCUT2D eigenvalue weighted by atomic mass is 10.2. The van der Waals surface area contributed by atoms with Gasteiger partial charge in [0.15, 0.2) is 15.8 Å². The summed E-state index contributed by atoms with van der Waals surface area (Å²) in [5, 5.41) is 2.60. The van der Waals surface area contributed by atoms with Gasteiger partial charge in [0.05, 0.1) is 17.5 Å². The quantitative estimate of drug-likeness (QED) is 0.385. The van der Waals surface area contributed by atoms with Crippen LogP contribution in [0, 0.1) is 0 Å². The highest BCUT2D eigenvalue weighted by molar-refractivity contribution is 7.92. The average Bonchev–Trinajstić information content (AvgIpc) is 2.65. The molecule has 3 N–H and O–H groups in total. The molecule has 0 aromatic rings. The van der Waals surface area contributed by atoms with Crippen LogP contribution < -0.4 is 11.1 Å². The van der Waals surface area contributed by atoms with Crippen LogP contribution in [0.3, 0.4) is 0 Å². The second kappa shape index (κ2) is 7.58. The van der Waals surface area contributed by atoms with Crippen molar-refractivity contribution in [2.24, 2.45) is 10.7 Å². The van der Waals surface area contributed by atoms with E-state index in [1.165, 1.54) is 0 Å². The van der Waals surface area contributed by atoms with Gasteiger partial charge in [0, 0.05) is 19.8 Å². The highest BCUT2D eigenvalue weighted by Gasteiger charge is 2.30. The van der Waals surface area contributed by atoms with Crippen LogP contribution in [0.2, 0.25) is 0 Å². The van der Waals surface area contributed by atoms with Crippen molar-refractivity contribution < 1.29 is 13.2 Å². The number of nitrogens with one attached hydrogen (secondary N) is 1. The number of nitrogens with zero attached hydrogens (tertiary/aromatic N) is 1. The third kappa shape index (κ3) is 5.22. The van der Waals surface area contributed by atoms with E-state index in [-0.39, 0.29) is 17.5 Å². The SMILES string of the molecule is CCOCCCNC(N)=NCC1CCCS1(=O)=O. The number of sulfone groups is 1. The summed E-state index contributed by atoms with van der Waals surface area (Å²) in [5.41, 5.74) is 5.66. The Balaban J connectivity index is 2.21. The van der Waals surface area contributed by atoms with Gasteiger partial charge in [-0.15, -0.1) is 0 Å². The molecule has 1 heterocycles. The Morgan fingerprint density at radius 1 is 1.56 bits per heavy atom. The third-order valence-corrected chi connectivity index (χ3v) is 5.16. The molecule has 0 bridgehead atoms. The predicted octanol–water partition coefficient (Wildman–Crippen LogP) is -0.105.